The van der Waals surface area contributed by atoms with Crippen molar-refractivity contribution >= 4 is 11.3 Å². The van der Waals surface area contributed by atoms with Gasteiger partial charge in [0.15, 0.2) is 0 Å². The molecule has 0 amide bonds. The van der Waals surface area contributed by atoms with E-state index in [0.717, 1.165) is 6.54 Å². The van der Waals surface area contributed by atoms with E-state index >= 15 is 0 Å². The van der Waals surface area contributed by atoms with Crippen LogP contribution in [0.15, 0.2) is 29.9 Å². The largest absolute Gasteiger partial charge is 0.303 e. The van der Waals surface area contributed by atoms with Crippen molar-refractivity contribution in [3.8, 4) is 0 Å². The quantitative estimate of drug-likeness (QED) is 0.880. The predicted molar refractivity (Wildman–Crippen MR) is 72.2 cm³/mol. The van der Waals surface area contributed by atoms with Gasteiger partial charge >= 0.3 is 0 Å². The van der Waals surface area contributed by atoms with Crippen molar-refractivity contribution in [2.24, 2.45) is 0 Å². The number of nitrogens with one attached hydrogen (secondary N) is 1. The van der Waals surface area contributed by atoms with Crippen LogP contribution in [0.2, 0.25) is 0 Å². The summed E-state index contributed by atoms with van der Waals surface area (Å²) in [5.74, 6) is 0. The maximum Gasteiger partial charge on any atom is 0.0537 e. The van der Waals surface area contributed by atoms with Gasteiger partial charge in [0.2, 0.25) is 0 Å². The molecule has 4 heteroatoms. The fourth-order valence-electron chi connectivity index (χ4n) is 1.87. The van der Waals surface area contributed by atoms with Crippen LogP contribution in [0.25, 0.3) is 0 Å². The Labute approximate surface area is 106 Å². The summed E-state index contributed by atoms with van der Waals surface area (Å²) >= 11 is 1.79. The van der Waals surface area contributed by atoms with Crippen molar-refractivity contribution in [1.29, 1.82) is 0 Å². The lowest BCUT2D eigenvalue weighted by Crippen LogP contribution is -2.21. The van der Waals surface area contributed by atoms with Crippen LogP contribution in [0.5, 0.6) is 0 Å². The minimum atomic E-state index is 0.326. The van der Waals surface area contributed by atoms with E-state index in [-0.39, 0.29) is 0 Å². The lowest BCUT2D eigenvalue weighted by molar-refractivity contribution is 0.499. The maximum absolute atomic E-state index is 4.31. The van der Waals surface area contributed by atoms with Crippen LogP contribution in [0.4, 0.5) is 0 Å². The van der Waals surface area contributed by atoms with Crippen LogP contribution in [0, 0.1) is 0 Å². The van der Waals surface area contributed by atoms with E-state index in [1.165, 1.54) is 10.4 Å². The van der Waals surface area contributed by atoms with Gasteiger partial charge in [0.05, 0.1) is 6.20 Å². The minimum absolute atomic E-state index is 0.326. The topological polar surface area (TPSA) is 29.9 Å². The Morgan fingerprint density at radius 1 is 1.41 bits per heavy atom. The summed E-state index contributed by atoms with van der Waals surface area (Å²) in [5.41, 5.74) is 1.25. The molecule has 2 heterocycles. The first-order valence-electron chi connectivity index (χ1n) is 6.02. The molecular formula is C13H19N3S. The normalized spacial score (nSPS) is 14.8. The molecule has 0 aliphatic heterocycles. The zero-order valence-corrected chi connectivity index (χ0v) is 11.4. The number of aryl methyl sites for hydroxylation is 1. The highest BCUT2D eigenvalue weighted by atomic mass is 32.1. The van der Waals surface area contributed by atoms with Crippen molar-refractivity contribution in [3.63, 3.8) is 0 Å². The molecule has 0 aliphatic rings. The third kappa shape index (κ3) is 2.96. The van der Waals surface area contributed by atoms with Crippen LogP contribution in [-0.2, 0) is 6.54 Å². The zero-order valence-electron chi connectivity index (χ0n) is 10.6. The predicted octanol–water partition coefficient (Wildman–Crippen LogP) is 3.38. The number of nitrogens with zero attached hydrogens (tertiary/aromatic N) is 2. The van der Waals surface area contributed by atoms with Gasteiger partial charge in [0, 0.05) is 35.3 Å². The fraction of sp³-hybridized carbons (Fsp3) is 0.462. The monoisotopic (exact) mass is 249 g/mol. The van der Waals surface area contributed by atoms with E-state index in [2.05, 4.69) is 54.9 Å². The van der Waals surface area contributed by atoms with Gasteiger partial charge < -0.3 is 5.32 Å². The van der Waals surface area contributed by atoms with Crippen LogP contribution in [0.3, 0.4) is 0 Å². The Morgan fingerprint density at radius 2 is 2.24 bits per heavy atom. The van der Waals surface area contributed by atoms with Crippen LogP contribution < -0.4 is 5.32 Å². The second-order valence-corrected chi connectivity index (χ2v) is 5.23. The molecule has 3 nitrogen and oxygen atoms in total. The molecule has 92 valence electrons. The molecule has 0 fully saturated rings. The zero-order chi connectivity index (χ0) is 12.3. The van der Waals surface area contributed by atoms with Crippen molar-refractivity contribution in [2.75, 3.05) is 0 Å². The first kappa shape index (κ1) is 12.3. The highest BCUT2D eigenvalue weighted by Crippen LogP contribution is 2.22. The SMILES string of the molecule is CCn1cc(C(C)NC(C)c2cccs2)cn1. The molecule has 0 radical (unpaired) electrons. The van der Waals surface area contributed by atoms with Crippen molar-refractivity contribution in [3.05, 3.63) is 40.3 Å². The third-order valence-electron chi connectivity index (χ3n) is 2.95. The molecule has 0 spiro atoms. The summed E-state index contributed by atoms with van der Waals surface area (Å²) in [4.78, 5) is 1.37. The van der Waals surface area contributed by atoms with Gasteiger partial charge in [-0.3, -0.25) is 4.68 Å². The lowest BCUT2D eigenvalue weighted by Gasteiger charge is -2.17. The van der Waals surface area contributed by atoms with Gasteiger partial charge in [-0.1, -0.05) is 6.07 Å². The van der Waals surface area contributed by atoms with E-state index in [4.69, 9.17) is 0 Å². The Bertz CT molecular complexity index is 447. The number of hydrogen-bond donors (Lipinski definition) is 1. The van der Waals surface area contributed by atoms with Crippen LogP contribution in [0.1, 0.15) is 43.3 Å². The molecule has 0 aliphatic carbocycles. The molecule has 0 bridgehead atoms. The lowest BCUT2D eigenvalue weighted by atomic mass is 10.1. The summed E-state index contributed by atoms with van der Waals surface area (Å²) in [6.07, 6.45) is 4.06. The molecule has 2 aromatic heterocycles. The molecule has 2 rings (SSSR count). The molecule has 0 aromatic carbocycles. The molecule has 2 atom stereocenters. The van der Waals surface area contributed by atoms with Gasteiger partial charge in [0.25, 0.3) is 0 Å². The standard InChI is InChI=1S/C13H19N3S/c1-4-16-9-12(8-14-16)10(2)15-11(3)13-6-5-7-17-13/h5-11,15H,4H2,1-3H3. The number of rotatable bonds is 5. The van der Waals surface area contributed by atoms with E-state index in [9.17, 15) is 0 Å². The second kappa shape index (κ2) is 5.47. The van der Waals surface area contributed by atoms with E-state index in [0.29, 0.717) is 12.1 Å². The summed E-state index contributed by atoms with van der Waals surface area (Å²) in [6, 6.07) is 4.98. The highest BCUT2D eigenvalue weighted by Gasteiger charge is 2.12. The summed E-state index contributed by atoms with van der Waals surface area (Å²) in [7, 11) is 0. The molecule has 0 saturated heterocycles. The summed E-state index contributed by atoms with van der Waals surface area (Å²) in [6.45, 7) is 7.41. The molecular weight excluding hydrogens is 230 g/mol. The molecule has 1 N–H and O–H groups in total. The Morgan fingerprint density at radius 3 is 2.82 bits per heavy atom. The van der Waals surface area contributed by atoms with Crippen LogP contribution >= 0.6 is 11.3 Å². The van der Waals surface area contributed by atoms with Crippen molar-refractivity contribution < 1.29 is 0 Å². The number of aromatic nitrogens is 2. The van der Waals surface area contributed by atoms with E-state index in [1.807, 2.05) is 10.9 Å². The molecule has 2 unspecified atom stereocenters. The Kier molecular flexibility index (Phi) is 3.97. The Hall–Kier alpha value is -1.13. The average molecular weight is 249 g/mol. The van der Waals surface area contributed by atoms with Crippen molar-refractivity contribution in [2.45, 2.75) is 39.4 Å². The highest BCUT2D eigenvalue weighted by molar-refractivity contribution is 7.10. The van der Waals surface area contributed by atoms with Gasteiger partial charge in [0.1, 0.15) is 0 Å². The maximum atomic E-state index is 4.31. The average Bonchev–Trinajstić information content (AvgIpc) is 3.00. The molecule has 17 heavy (non-hydrogen) atoms. The number of hydrogen-bond acceptors (Lipinski definition) is 3. The molecule has 2 aromatic rings. The van der Waals surface area contributed by atoms with Gasteiger partial charge in [-0.15, -0.1) is 11.3 Å². The molecule has 0 saturated carbocycles. The first-order chi connectivity index (χ1) is 8.20. The number of thiophene rings is 1. The third-order valence-corrected chi connectivity index (χ3v) is 4.00. The fourth-order valence-corrected chi connectivity index (χ4v) is 2.61. The van der Waals surface area contributed by atoms with Crippen LogP contribution in [-0.4, -0.2) is 9.78 Å². The summed E-state index contributed by atoms with van der Waals surface area (Å²) < 4.78 is 1.96. The Balaban J connectivity index is 1.99. The summed E-state index contributed by atoms with van der Waals surface area (Å²) in [5, 5.41) is 10.0. The van der Waals surface area contributed by atoms with Crippen molar-refractivity contribution in [1.82, 2.24) is 15.1 Å². The smallest absolute Gasteiger partial charge is 0.0537 e. The second-order valence-electron chi connectivity index (χ2n) is 4.25. The minimum Gasteiger partial charge on any atom is -0.303 e. The van der Waals surface area contributed by atoms with E-state index in [1.54, 1.807) is 11.3 Å². The van der Waals surface area contributed by atoms with Gasteiger partial charge in [-0.25, -0.2) is 0 Å². The first-order valence-corrected chi connectivity index (χ1v) is 6.90. The van der Waals surface area contributed by atoms with Gasteiger partial charge in [-0.05, 0) is 32.2 Å². The van der Waals surface area contributed by atoms with E-state index < -0.39 is 0 Å². The van der Waals surface area contributed by atoms with Gasteiger partial charge in [-0.2, -0.15) is 5.10 Å².